The lowest BCUT2D eigenvalue weighted by Gasteiger charge is -2.12. The van der Waals surface area contributed by atoms with Gasteiger partial charge in [-0.2, -0.15) is 0 Å². The summed E-state index contributed by atoms with van der Waals surface area (Å²) in [6.45, 7) is 0. The second-order valence-electron chi connectivity index (χ2n) is 3.50. The van der Waals surface area contributed by atoms with Gasteiger partial charge in [-0.05, 0) is 12.1 Å². The molecule has 1 aliphatic heterocycles. The van der Waals surface area contributed by atoms with E-state index in [0.29, 0.717) is 16.5 Å². The summed E-state index contributed by atoms with van der Waals surface area (Å²) in [5.74, 6) is 0.465. The first-order chi connectivity index (χ1) is 7.46. The minimum atomic E-state index is -3.07. The number of aromatic nitrogens is 1. The van der Waals surface area contributed by atoms with Gasteiger partial charge in [0.15, 0.2) is 9.84 Å². The van der Waals surface area contributed by atoms with Gasteiger partial charge in [-0.1, -0.05) is 11.6 Å². The van der Waals surface area contributed by atoms with Gasteiger partial charge >= 0.3 is 0 Å². The lowest BCUT2D eigenvalue weighted by atomic mass is 10.3. The van der Waals surface area contributed by atoms with Crippen LogP contribution in [0.15, 0.2) is 23.7 Å². The number of hydrogen-bond acceptors (Lipinski definition) is 5. The van der Waals surface area contributed by atoms with Crippen LogP contribution < -0.4 is 11.1 Å². The number of rotatable bonds is 2. The van der Waals surface area contributed by atoms with E-state index >= 15 is 0 Å². The minimum Gasteiger partial charge on any atom is -0.396 e. The number of sulfone groups is 1. The molecule has 0 fully saturated rings. The second-order valence-corrected chi connectivity index (χ2v) is 5.87. The maximum Gasteiger partial charge on any atom is 0.173 e. The fraction of sp³-hybridized carbons (Fsp3) is 0.222. The molecular formula is C9H10ClN3O2S. The van der Waals surface area contributed by atoms with E-state index in [2.05, 4.69) is 10.3 Å². The van der Waals surface area contributed by atoms with Crippen LogP contribution in [-0.4, -0.2) is 25.2 Å². The SMILES string of the molecule is Nc1cc(Cl)cnc1NC1C=CS(=O)(=O)C1. The third-order valence-electron chi connectivity index (χ3n) is 2.14. The molecule has 2 rings (SSSR count). The van der Waals surface area contributed by atoms with Crippen LogP contribution in [0.1, 0.15) is 0 Å². The molecule has 0 spiro atoms. The van der Waals surface area contributed by atoms with Gasteiger partial charge in [0.2, 0.25) is 0 Å². The molecule has 0 saturated carbocycles. The quantitative estimate of drug-likeness (QED) is 0.829. The first-order valence-electron chi connectivity index (χ1n) is 4.55. The van der Waals surface area contributed by atoms with Gasteiger partial charge in [0.25, 0.3) is 0 Å². The number of nitrogens with two attached hydrogens (primary N) is 1. The molecule has 5 nitrogen and oxygen atoms in total. The summed E-state index contributed by atoms with van der Waals surface area (Å²) in [6.07, 6.45) is 3.03. The van der Waals surface area contributed by atoms with Crippen molar-refractivity contribution in [3.05, 3.63) is 28.8 Å². The number of halogens is 1. The summed E-state index contributed by atoms with van der Waals surface area (Å²) >= 11 is 5.70. The van der Waals surface area contributed by atoms with Crippen molar-refractivity contribution in [3.63, 3.8) is 0 Å². The summed E-state index contributed by atoms with van der Waals surface area (Å²) in [6, 6.07) is 1.27. The Labute approximate surface area is 98.2 Å². The molecule has 1 aliphatic rings. The van der Waals surface area contributed by atoms with E-state index in [4.69, 9.17) is 17.3 Å². The van der Waals surface area contributed by atoms with E-state index < -0.39 is 9.84 Å². The van der Waals surface area contributed by atoms with Gasteiger partial charge in [-0.3, -0.25) is 0 Å². The monoisotopic (exact) mass is 259 g/mol. The zero-order chi connectivity index (χ0) is 11.8. The largest absolute Gasteiger partial charge is 0.396 e. The van der Waals surface area contributed by atoms with Gasteiger partial charge in [0.05, 0.1) is 22.5 Å². The van der Waals surface area contributed by atoms with E-state index in [9.17, 15) is 8.42 Å². The van der Waals surface area contributed by atoms with Crippen LogP contribution in [0.3, 0.4) is 0 Å². The third kappa shape index (κ3) is 2.45. The normalized spacial score (nSPS) is 22.2. The average Bonchev–Trinajstić information content (AvgIpc) is 2.51. The smallest absolute Gasteiger partial charge is 0.173 e. The van der Waals surface area contributed by atoms with Crippen molar-refractivity contribution < 1.29 is 8.42 Å². The summed E-state index contributed by atoms with van der Waals surface area (Å²) in [5.41, 5.74) is 6.08. The highest BCUT2D eigenvalue weighted by molar-refractivity contribution is 7.94. The van der Waals surface area contributed by atoms with Crippen LogP contribution in [0, 0.1) is 0 Å². The number of hydrogen-bond donors (Lipinski definition) is 2. The fourth-order valence-electron chi connectivity index (χ4n) is 1.42. The molecule has 1 aromatic rings. The van der Waals surface area contributed by atoms with Gasteiger partial charge in [0.1, 0.15) is 5.82 Å². The molecule has 86 valence electrons. The summed E-state index contributed by atoms with van der Waals surface area (Å²) < 4.78 is 22.3. The van der Waals surface area contributed by atoms with Crippen LogP contribution in [0.4, 0.5) is 11.5 Å². The molecule has 0 amide bonds. The average molecular weight is 260 g/mol. The Balaban J connectivity index is 2.14. The Kier molecular flexibility index (Phi) is 2.77. The number of nitrogens with zero attached hydrogens (tertiary/aromatic N) is 1. The van der Waals surface area contributed by atoms with E-state index in [0.717, 1.165) is 0 Å². The van der Waals surface area contributed by atoms with Crippen LogP contribution in [0.5, 0.6) is 0 Å². The molecule has 1 atom stereocenters. The zero-order valence-electron chi connectivity index (χ0n) is 8.22. The molecule has 0 aromatic carbocycles. The highest BCUT2D eigenvalue weighted by Gasteiger charge is 2.22. The van der Waals surface area contributed by atoms with Gasteiger partial charge in [-0.15, -0.1) is 0 Å². The topological polar surface area (TPSA) is 85.1 Å². The van der Waals surface area contributed by atoms with Crippen molar-refractivity contribution in [1.82, 2.24) is 4.98 Å². The first kappa shape index (κ1) is 11.2. The molecule has 3 N–H and O–H groups in total. The Morgan fingerprint density at radius 2 is 2.31 bits per heavy atom. The molecule has 0 radical (unpaired) electrons. The molecular weight excluding hydrogens is 250 g/mol. The van der Waals surface area contributed by atoms with Gasteiger partial charge < -0.3 is 11.1 Å². The summed E-state index contributed by atoms with van der Waals surface area (Å²) in [4.78, 5) is 3.99. The Morgan fingerprint density at radius 1 is 1.56 bits per heavy atom. The van der Waals surface area contributed by atoms with Crippen molar-refractivity contribution in [2.24, 2.45) is 0 Å². The van der Waals surface area contributed by atoms with Crippen LogP contribution in [0.2, 0.25) is 5.02 Å². The van der Waals surface area contributed by atoms with E-state index in [1.165, 1.54) is 11.6 Å². The lowest BCUT2D eigenvalue weighted by Crippen LogP contribution is -2.22. The maximum atomic E-state index is 11.2. The highest BCUT2D eigenvalue weighted by atomic mass is 35.5. The molecule has 1 unspecified atom stereocenters. The van der Waals surface area contributed by atoms with Crippen LogP contribution >= 0.6 is 11.6 Å². The van der Waals surface area contributed by atoms with Crippen LogP contribution in [0.25, 0.3) is 0 Å². The van der Waals surface area contributed by atoms with Crippen molar-refractivity contribution in [2.45, 2.75) is 6.04 Å². The number of nitrogen functional groups attached to an aromatic ring is 1. The predicted octanol–water partition coefficient (Wildman–Crippen LogP) is 1.04. The van der Waals surface area contributed by atoms with E-state index in [1.54, 1.807) is 12.1 Å². The van der Waals surface area contributed by atoms with Crippen molar-refractivity contribution >= 4 is 32.9 Å². The number of pyridine rings is 1. The highest BCUT2D eigenvalue weighted by Crippen LogP contribution is 2.21. The molecule has 0 bridgehead atoms. The van der Waals surface area contributed by atoms with E-state index in [-0.39, 0.29) is 11.8 Å². The molecule has 7 heteroatoms. The number of anilines is 2. The van der Waals surface area contributed by atoms with Crippen molar-refractivity contribution in [3.8, 4) is 0 Å². The first-order valence-corrected chi connectivity index (χ1v) is 6.64. The standard InChI is InChI=1S/C9H10ClN3O2S/c10-6-3-8(11)9(12-4-6)13-7-1-2-16(14,15)5-7/h1-4,7H,5,11H2,(H,12,13). The van der Waals surface area contributed by atoms with E-state index in [1.807, 2.05) is 0 Å². The Morgan fingerprint density at radius 3 is 2.88 bits per heavy atom. The molecule has 0 saturated heterocycles. The van der Waals surface area contributed by atoms with Crippen LogP contribution in [-0.2, 0) is 9.84 Å². The summed E-state index contributed by atoms with van der Waals surface area (Å²) in [5, 5.41) is 4.56. The van der Waals surface area contributed by atoms with Gasteiger partial charge in [-0.25, -0.2) is 13.4 Å². The predicted molar refractivity (Wildman–Crippen MR) is 64.0 cm³/mol. The van der Waals surface area contributed by atoms with Crippen molar-refractivity contribution in [1.29, 1.82) is 0 Å². The lowest BCUT2D eigenvalue weighted by molar-refractivity contribution is 0.605. The summed E-state index contributed by atoms with van der Waals surface area (Å²) in [7, 11) is -3.07. The molecule has 16 heavy (non-hydrogen) atoms. The maximum absolute atomic E-state index is 11.2. The fourth-order valence-corrected chi connectivity index (χ4v) is 2.82. The molecule has 2 heterocycles. The van der Waals surface area contributed by atoms with Gasteiger partial charge in [0, 0.05) is 11.6 Å². The molecule has 0 aliphatic carbocycles. The molecule has 1 aromatic heterocycles. The Hall–Kier alpha value is -1.27. The van der Waals surface area contributed by atoms with Crippen molar-refractivity contribution in [2.75, 3.05) is 16.8 Å². The minimum absolute atomic E-state index is 0.0246. The Bertz CT molecular complexity index is 542. The second kappa shape index (κ2) is 3.95. The third-order valence-corrected chi connectivity index (χ3v) is 3.74. The zero-order valence-corrected chi connectivity index (χ0v) is 9.79. The number of nitrogens with one attached hydrogen (secondary N) is 1.